The molecule has 0 aliphatic rings. The third-order valence-electron chi connectivity index (χ3n) is 1.55. The standard InChI is InChI=1S/C8H10N2O2/c1-2-7(11)8-5-6(3-4-9)10-12-8/h5,7,11H,2-3H2,1H3. The molecule has 0 fully saturated rings. The summed E-state index contributed by atoms with van der Waals surface area (Å²) >= 11 is 0. The molecule has 64 valence electrons. The van der Waals surface area contributed by atoms with Crippen molar-refractivity contribution in [3.05, 3.63) is 17.5 Å². The van der Waals surface area contributed by atoms with Crippen molar-refractivity contribution in [1.29, 1.82) is 5.26 Å². The minimum absolute atomic E-state index is 0.222. The average molecular weight is 166 g/mol. The van der Waals surface area contributed by atoms with Crippen molar-refractivity contribution in [2.24, 2.45) is 0 Å². The number of hydrogen-bond acceptors (Lipinski definition) is 4. The van der Waals surface area contributed by atoms with Crippen LogP contribution in [-0.4, -0.2) is 10.3 Å². The fraction of sp³-hybridized carbons (Fsp3) is 0.500. The van der Waals surface area contributed by atoms with Gasteiger partial charge in [0.2, 0.25) is 0 Å². The molecule has 0 saturated carbocycles. The van der Waals surface area contributed by atoms with Crippen molar-refractivity contribution in [2.75, 3.05) is 0 Å². The summed E-state index contributed by atoms with van der Waals surface area (Å²) in [6.45, 7) is 1.84. The van der Waals surface area contributed by atoms with Gasteiger partial charge in [-0.25, -0.2) is 0 Å². The normalized spacial score (nSPS) is 12.4. The highest BCUT2D eigenvalue weighted by Crippen LogP contribution is 2.16. The maximum atomic E-state index is 9.29. The van der Waals surface area contributed by atoms with Gasteiger partial charge in [0.1, 0.15) is 6.10 Å². The minimum atomic E-state index is -0.607. The largest absolute Gasteiger partial charge is 0.385 e. The molecule has 1 heterocycles. The molecule has 1 aromatic rings. The van der Waals surface area contributed by atoms with Crippen LogP contribution in [-0.2, 0) is 6.42 Å². The van der Waals surface area contributed by atoms with Crippen LogP contribution >= 0.6 is 0 Å². The van der Waals surface area contributed by atoms with Gasteiger partial charge in [0.05, 0.1) is 18.2 Å². The monoisotopic (exact) mass is 166 g/mol. The Bertz CT molecular complexity index is 287. The first kappa shape index (κ1) is 8.75. The van der Waals surface area contributed by atoms with Gasteiger partial charge in [-0.1, -0.05) is 12.1 Å². The van der Waals surface area contributed by atoms with Crippen LogP contribution in [0.2, 0.25) is 0 Å². The van der Waals surface area contributed by atoms with Crippen molar-refractivity contribution in [3.63, 3.8) is 0 Å². The second-order valence-corrected chi connectivity index (χ2v) is 2.48. The molecule has 0 aliphatic heterocycles. The summed E-state index contributed by atoms with van der Waals surface area (Å²) in [5, 5.41) is 21.2. The number of aliphatic hydroxyl groups is 1. The summed E-state index contributed by atoms with van der Waals surface area (Å²) in [5.41, 5.74) is 0.569. The topological polar surface area (TPSA) is 70.0 Å². The second kappa shape index (κ2) is 3.88. The van der Waals surface area contributed by atoms with Gasteiger partial charge in [-0.3, -0.25) is 0 Å². The molecule has 1 aromatic heterocycles. The molecule has 12 heavy (non-hydrogen) atoms. The lowest BCUT2D eigenvalue weighted by atomic mass is 10.2. The zero-order chi connectivity index (χ0) is 8.97. The van der Waals surface area contributed by atoms with Crippen LogP contribution in [0, 0.1) is 11.3 Å². The summed E-state index contributed by atoms with van der Waals surface area (Å²) in [6.07, 6.45) is 0.200. The Balaban J connectivity index is 2.71. The minimum Gasteiger partial charge on any atom is -0.385 e. The molecule has 1 rings (SSSR count). The molecule has 0 bridgehead atoms. The Morgan fingerprint density at radius 3 is 3.17 bits per heavy atom. The number of nitriles is 1. The summed E-state index contributed by atoms with van der Waals surface area (Å²) in [5.74, 6) is 0.433. The van der Waals surface area contributed by atoms with Gasteiger partial charge in [0.25, 0.3) is 0 Å². The maximum Gasteiger partial charge on any atom is 0.165 e. The quantitative estimate of drug-likeness (QED) is 0.732. The van der Waals surface area contributed by atoms with Gasteiger partial charge in [-0.2, -0.15) is 5.26 Å². The molecular weight excluding hydrogens is 156 g/mol. The lowest BCUT2D eigenvalue weighted by molar-refractivity contribution is 0.135. The zero-order valence-corrected chi connectivity index (χ0v) is 6.82. The van der Waals surface area contributed by atoms with Gasteiger partial charge in [0.15, 0.2) is 5.76 Å². The summed E-state index contributed by atoms with van der Waals surface area (Å²) in [7, 11) is 0. The number of rotatable bonds is 3. The van der Waals surface area contributed by atoms with E-state index in [-0.39, 0.29) is 6.42 Å². The van der Waals surface area contributed by atoms with E-state index in [9.17, 15) is 5.11 Å². The van der Waals surface area contributed by atoms with E-state index in [0.717, 1.165) is 0 Å². The van der Waals surface area contributed by atoms with Crippen LogP contribution in [0.25, 0.3) is 0 Å². The van der Waals surface area contributed by atoms with Crippen LogP contribution in [0.3, 0.4) is 0 Å². The van der Waals surface area contributed by atoms with Crippen LogP contribution in [0.5, 0.6) is 0 Å². The molecule has 1 N–H and O–H groups in total. The van der Waals surface area contributed by atoms with Crippen molar-refractivity contribution in [1.82, 2.24) is 5.16 Å². The Hall–Kier alpha value is -1.34. The molecule has 0 saturated heterocycles. The van der Waals surface area contributed by atoms with Crippen molar-refractivity contribution < 1.29 is 9.63 Å². The molecule has 1 unspecified atom stereocenters. The fourth-order valence-corrected chi connectivity index (χ4v) is 0.851. The van der Waals surface area contributed by atoms with Crippen LogP contribution < -0.4 is 0 Å². The highest BCUT2D eigenvalue weighted by molar-refractivity contribution is 5.10. The molecule has 0 aliphatic carbocycles. The Morgan fingerprint density at radius 1 is 1.83 bits per heavy atom. The third kappa shape index (κ3) is 1.83. The van der Waals surface area contributed by atoms with Crippen LogP contribution in [0.15, 0.2) is 10.6 Å². The SMILES string of the molecule is CCC(O)c1cc(CC#N)no1. The van der Waals surface area contributed by atoms with E-state index in [2.05, 4.69) is 5.16 Å². The predicted octanol–water partition coefficient (Wildman–Crippen LogP) is 1.18. The summed E-state index contributed by atoms with van der Waals surface area (Å²) < 4.78 is 4.82. The Morgan fingerprint density at radius 2 is 2.58 bits per heavy atom. The van der Waals surface area contributed by atoms with Gasteiger partial charge in [0, 0.05) is 6.07 Å². The number of hydrogen-bond donors (Lipinski definition) is 1. The first-order chi connectivity index (χ1) is 5.77. The van der Waals surface area contributed by atoms with E-state index in [4.69, 9.17) is 9.78 Å². The van der Waals surface area contributed by atoms with Gasteiger partial charge in [-0.05, 0) is 6.42 Å². The number of aliphatic hydroxyl groups excluding tert-OH is 1. The first-order valence-corrected chi connectivity index (χ1v) is 3.78. The molecule has 0 amide bonds. The van der Waals surface area contributed by atoms with E-state index in [0.29, 0.717) is 17.9 Å². The van der Waals surface area contributed by atoms with Crippen molar-refractivity contribution in [3.8, 4) is 6.07 Å². The maximum absolute atomic E-state index is 9.29. The van der Waals surface area contributed by atoms with Crippen LogP contribution in [0.1, 0.15) is 30.9 Å². The first-order valence-electron chi connectivity index (χ1n) is 3.78. The highest BCUT2D eigenvalue weighted by atomic mass is 16.5. The molecule has 0 spiro atoms. The number of nitrogens with zero attached hydrogens (tertiary/aromatic N) is 2. The second-order valence-electron chi connectivity index (χ2n) is 2.48. The van der Waals surface area contributed by atoms with Crippen molar-refractivity contribution in [2.45, 2.75) is 25.9 Å². The average Bonchev–Trinajstić information content (AvgIpc) is 2.52. The molecular formula is C8H10N2O2. The lowest BCUT2D eigenvalue weighted by Gasteiger charge is -1.99. The third-order valence-corrected chi connectivity index (χ3v) is 1.55. The van der Waals surface area contributed by atoms with Crippen molar-refractivity contribution >= 4 is 0 Å². The Labute approximate surface area is 70.4 Å². The van der Waals surface area contributed by atoms with Crippen LogP contribution in [0.4, 0.5) is 0 Å². The predicted molar refractivity (Wildman–Crippen MR) is 41.1 cm³/mol. The Kier molecular flexibility index (Phi) is 2.83. The fourth-order valence-electron chi connectivity index (χ4n) is 0.851. The van der Waals surface area contributed by atoms with Gasteiger partial charge >= 0.3 is 0 Å². The number of aromatic nitrogens is 1. The van der Waals surface area contributed by atoms with E-state index in [1.807, 2.05) is 13.0 Å². The summed E-state index contributed by atoms with van der Waals surface area (Å²) in [4.78, 5) is 0. The smallest absolute Gasteiger partial charge is 0.165 e. The van der Waals surface area contributed by atoms with E-state index in [1.54, 1.807) is 6.07 Å². The zero-order valence-electron chi connectivity index (χ0n) is 6.82. The van der Waals surface area contributed by atoms with E-state index < -0.39 is 6.10 Å². The van der Waals surface area contributed by atoms with E-state index >= 15 is 0 Å². The molecule has 0 aromatic carbocycles. The molecule has 4 heteroatoms. The molecule has 0 radical (unpaired) electrons. The van der Waals surface area contributed by atoms with Gasteiger partial charge in [-0.15, -0.1) is 0 Å². The molecule has 1 atom stereocenters. The summed E-state index contributed by atoms with van der Waals surface area (Å²) in [6, 6.07) is 3.56. The van der Waals surface area contributed by atoms with E-state index in [1.165, 1.54) is 0 Å². The lowest BCUT2D eigenvalue weighted by Crippen LogP contribution is -1.91. The highest BCUT2D eigenvalue weighted by Gasteiger charge is 2.11. The van der Waals surface area contributed by atoms with Gasteiger partial charge < -0.3 is 9.63 Å². The molecule has 4 nitrogen and oxygen atoms in total.